The van der Waals surface area contributed by atoms with Gasteiger partial charge in [-0.25, -0.2) is 0 Å². The Morgan fingerprint density at radius 3 is 2.18 bits per heavy atom. The van der Waals surface area contributed by atoms with E-state index >= 15 is 0 Å². The van der Waals surface area contributed by atoms with Gasteiger partial charge < -0.3 is 15.8 Å². The highest BCUT2D eigenvalue weighted by atomic mass is 16.5. The van der Waals surface area contributed by atoms with Crippen molar-refractivity contribution in [2.75, 3.05) is 12.4 Å². The van der Waals surface area contributed by atoms with E-state index in [9.17, 15) is 4.79 Å². The minimum absolute atomic E-state index is 0.321. The number of carbonyl (C=O) groups excluding carboxylic acids is 1. The molecule has 0 saturated heterocycles. The molecule has 0 atom stereocenters. The molecule has 0 aliphatic carbocycles. The molecule has 0 heterocycles. The second kappa shape index (κ2) is 5.57. The molecule has 3 N–H and O–H groups in total. The predicted octanol–water partition coefficient (Wildman–Crippen LogP) is 2.15. The van der Waals surface area contributed by atoms with E-state index in [0.29, 0.717) is 12.8 Å². The van der Waals surface area contributed by atoms with Gasteiger partial charge in [0.05, 0.1) is 7.11 Å². The van der Waals surface area contributed by atoms with Gasteiger partial charge in [0.15, 0.2) is 0 Å². The Hall–Kier alpha value is -1.71. The van der Waals surface area contributed by atoms with Gasteiger partial charge in [-0.1, -0.05) is 13.8 Å². The van der Waals surface area contributed by atoms with Crippen LogP contribution < -0.4 is 15.8 Å². The zero-order valence-corrected chi connectivity index (χ0v) is 10.6. The summed E-state index contributed by atoms with van der Waals surface area (Å²) >= 11 is 0. The van der Waals surface area contributed by atoms with Gasteiger partial charge in [-0.05, 0) is 37.1 Å². The Bertz CT molecular complexity index is 370. The normalized spacial score (nSPS) is 11.0. The summed E-state index contributed by atoms with van der Waals surface area (Å²) in [6.07, 6.45) is 1.32. The van der Waals surface area contributed by atoms with Crippen molar-refractivity contribution >= 4 is 11.6 Å². The molecule has 0 fully saturated rings. The number of hydrogen-bond acceptors (Lipinski definition) is 3. The van der Waals surface area contributed by atoms with Crippen molar-refractivity contribution in [3.05, 3.63) is 24.3 Å². The monoisotopic (exact) mass is 236 g/mol. The standard InChI is InChI=1S/C13H20N2O2/c1-4-13(5-2,12(14)16)15-10-6-8-11(17-3)9-7-10/h6-9,15H,4-5H2,1-3H3,(H2,14,16). The lowest BCUT2D eigenvalue weighted by Gasteiger charge is -2.30. The second-order valence-electron chi connectivity index (χ2n) is 4.01. The quantitative estimate of drug-likeness (QED) is 0.795. The number of nitrogens with two attached hydrogens (primary N) is 1. The molecule has 17 heavy (non-hydrogen) atoms. The molecule has 0 aliphatic rings. The Morgan fingerprint density at radius 1 is 1.29 bits per heavy atom. The first kappa shape index (κ1) is 13.4. The van der Waals surface area contributed by atoms with E-state index in [1.54, 1.807) is 7.11 Å². The maximum absolute atomic E-state index is 11.5. The molecule has 1 rings (SSSR count). The molecule has 1 aromatic rings. The topological polar surface area (TPSA) is 64.3 Å². The van der Waals surface area contributed by atoms with Crippen molar-refractivity contribution in [3.8, 4) is 5.75 Å². The average Bonchev–Trinajstić information content (AvgIpc) is 2.36. The van der Waals surface area contributed by atoms with Crippen LogP contribution in [-0.2, 0) is 4.79 Å². The number of carbonyl (C=O) groups is 1. The smallest absolute Gasteiger partial charge is 0.243 e. The molecule has 94 valence electrons. The van der Waals surface area contributed by atoms with Gasteiger partial charge in [-0.2, -0.15) is 0 Å². The fraction of sp³-hybridized carbons (Fsp3) is 0.462. The Morgan fingerprint density at radius 2 is 1.82 bits per heavy atom. The molecule has 0 saturated carbocycles. The van der Waals surface area contributed by atoms with Crippen molar-refractivity contribution in [1.82, 2.24) is 0 Å². The van der Waals surface area contributed by atoms with Crippen molar-refractivity contribution < 1.29 is 9.53 Å². The Kier molecular flexibility index (Phi) is 4.37. The second-order valence-corrected chi connectivity index (χ2v) is 4.01. The summed E-state index contributed by atoms with van der Waals surface area (Å²) in [6.45, 7) is 3.90. The van der Waals surface area contributed by atoms with Crippen LogP contribution >= 0.6 is 0 Å². The van der Waals surface area contributed by atoms with Gasteiger partial charge >= 0.3 is 0 Å². The van der Waals surface area contributed by atoms with Crippen LogP contribution in [0.3, 0.4) is 0 Å². The summed E-state index contributed by atoms with van der Waals surface area (Å²) in [5.74, 6) is 0.464. The zero-order chi connectivity index (χ0) is 12.9. The molecular formula is C13H20N2O2. The third-order valence-corrected chi connectivity index (χ3v) is 3.15. The van der Waals surface area contributed by atoms with E-state index in [0.717, 1.165) is 11.4 Å². The lowest BCUT2D eigenvalue weighted by Crippen LogP contribution is -2.49. The first-order valence-corrected chi connectivity index (χ1v) is 5.80. The molecule has 4 nitrogen and oxygen atoms in total. The number of hydrogen-bond donors (Lipinski definition) is 2. The first-order valence-electron chi connectivity index (χ1n) is 5.80. The van der Waals surface area contributed by atoms with Gasteiger partial charge in [0, 0.05) is 5.69 Å². The van der Waals surface area contributed by atoms with E-state index in [-0.39, 0.29) is 5.91 Å². The van der Waals surface area contributed by atoms with Crippen LogP contribution in [0.1, 0.15) is 26.7 Å². The zero-order valence-electron chi connectivity index (χ0n) is 10.6. The third kappa shape index (κ3) is 2.90. The van der Waals surface area contributed by atoms with Gasteiger partial charge in [0.1, 0.15) is 11.3 Å². The van der Waals surface area contributed by atoms with Crippen LogP contribution in [0, 0.1) is 0 Å². The fourth-order valence-electron chi connectivity index (χ4n) is 1.79. The number of ether oxygens (including phenoxy) is 1. The van der Waals surface area contributed by atoms with Gasteiger partial charge in [0.2, 0.25) is 5.91 Å². The minimum Gasteiger partial charge on any atom is -0.497 e. The molecule has 0 radical (unpaired) electrons. The lowest BCUT2D eigenvalue weighted by atomic mass is 9.91. The minimum atomic E-state index is -0.672. The van der Waals surface area contributed by atoms with Crippen molar-refractivity contribution in [2.45, 2.75) is 32.2 Å². The van der Waals surface area contributed by atoms with Crippen LogP contribution in [0.2, 0.25) is 0 Å². The molecule has 4 heteroatoms. The maximum atomic E-state index is 11.5. The molecule has 1 amide bonds. The first-order chi connectivity index (χ1) is 8.07. The van der Waals surface area contributed by atoms with Crippen molar-refractivity contribution in [1.29, 1.82) is 0 Å². The van der Waals surface area contributed by atoms with Gasteiger partial charge in [-0.3, -0.25) is 4.79 Å². The third-order valence-electron chi connectivity index (χ3n) is 3.15. The van der Waals surface area contributed by atoms with Crippen LogP contribution in [0.15, 0.2) is 24.3 Å². The van der Waals surface area contributed by atoms with E-state index < -0.39 is 5.54 Å². The molecule has 0 aliphatic heterocycles. The summed E-state index contributed by atoms with van der Waals surface area (Å²) in [6, 6.07) is 7.45. The lowest BCUT2D eigenvalue weighted by molar-refractivity contribution is -0.122. The largest absolute Gasteiger partial charge is 0.497 e. The molecule has 0 unspecified atom stereocenters. The summed E-state index contributed by atoms with van der Waals surface area (Å²) < 4.78 is 5.08. The molecule has 0 spiro atoms. The average molecular weight is 236 g/mol. The number of anilines is 1. The summed E-state index contributed by atoms with van der Waals surface area (Å²) in [5.41, 5.74) is 5.67. The fourth-order valence-corrected chi connectivity index (χ4v) is 1.79. The maximum Gasteiger partial charge on any atom is 0.243 e. The molecular weight excluding hydrogens is 216 g/mol. The SMILES string of the molecule is CCC(CC)(Nc1ccc(OC)cc1)C(N)=O. The van der Waals surface area contributed by atoms with Crippen molar-refractivity contribution in [2.24, 2.45) is 5.73 Å². The number of primary amides is 1. The van der Waals surface area contributed by atoms with Crippen molar-refractivity contribution in [3.63, 3.8) is 0 Å². The van der Waals surface area contributed by atoms with Crippen LogP contribution in [0.25, 0.3) is 0 Å². The molecule has 1 aromatic carbocycles. The summed E-state index contributed by atoms with van der Waals surface area (Å²) in [7, 11) is 1.62. The highest BCUT2D eigenvalue weighted by molar-refractivity contribution is 5.87. The summed E-state index contributed by atoms with van der Waals surface area (Å²) in [5, 5.41) is 3.21. The summed E-state index contributed by atoms with van der Waals surface area (Å²) in [4.78, 5) is 11.5. The van der Waals surface area contributed by atoms with Crippen LogP contribution in [-0.4, -0.2) is 18.6 Å². The number of methoxy groups -OCH3 is 1. The van der Waals surface area contributed by atoms with Gasteiger partial charge in [-0.15, -0.1) is 0 Å². The number of nitrogens with one attached hydrogen (secondary N) is 1. The number of benzene rings is 1. The van der Waals surface area contributed by atoms with E-state index in [1.807, 2.05) is 38.1 Å². The molecule has 0 aromatic heterocycles. The van der Waals surface area contributed by atoms with Crippen LogP contribution in [0.5, 0.6) is 5.75 Å². The Labute approximate surface area is 102 Å². The molecule has 0 bridgehead atoms. The number of rotatable bonds is 6. The highest BCUT2D eigenvalue weighted by Gasteiger charge is 2.32. The Balaban J connectivity index is 2.89. The predicted molar refractivity (Wildman–Crippen MR) is 69.1 cm³/mol. The number of amides is 1. The van der Waals surface area contributed by atoms with E-state index in [1.165, 1.54) is 0 Å². The van der Waals surface area contributed by atoms with Crippen LogP contribution in [0.4, 0.5) is 5.69 Å². The van der Waals surface area contributed by atoms with E-state index in [2.05, 4.69) is 5.32 Å². The highest BCUT2D eigenvalue weighted by Crippen LogP contribution is 2.23. The van der Waals surface area contributed by atoms with E-state index in [4.69, 9.17) is 10.5 Å². The van der Waals surface area contributed by atoms with Gasteiger partial charge in [0.25, 0.3) is 0 Å².